The molecule has 2 nitrogen and oxygen atoms in total. The molecule has 0 amide bonds. The highest BCUT2D eigenvalue weighted by molar-refractivity contribution is 4.85. The van der Waals surface area contributed by atoms with Gasteiger partial charge in [-0.05, 0) is 45.6 Å². The van der Waals surface area contributed by atoms with E-state index >= 15 is 0 Å². The number of hydrogen-bond donors (Lipinski definition) is 1. The van der Waals surface area contributed by atoms with Gasteiger partial charge in [0.25, 0.3) is 0 Å². The largest absolute Gasteiger partial charge is 0.312 e. The first-order chi connectivity index (χ1) is 8.97. The highest BCUT2D eigenvalue weighted by atomic mass is 15.2. The third-order valence-electron chi connectivity index (χ3n) is 3.80. The van der Waals surface area contributed by atoms with Crippen molar-refractivity contribution >= 4 is 0 Å². The molecule has 0 bridgehead atoms. The minimum atomic E-state index is 0.634. The van der Waals surface area contributed by atoms with Crippen molar-refractivity contribution in [1.82, 2.24) is 10.2 Å². The first-order valence-electron chi connectivity index (χ1n) is 8.46. The van der Waals surface area contributed by atoms with Gasteiger partial charge >= 0.3 is 0 Å². The SMILES string of the molecule is CCCNC(CCC)C(CC)N(CC(C)C)C(C)C. The van der Waals surface area contributed by atoms with Crippen molar-refractivity contribution in [3.63, 3.8) is 0 Å². The molecule has 0 heterocycles. The zero-order chi connectivity index (χ0) is 14.8. The van der Waals surface area contributed by atoms with Crippen LogP contribution in [0.25, 0.3) is 0 Å². The normalized spacial score (nSPS) is 15.5. The van der Waals surface area contributed by atoms with Gasteiger partial charge in [-0.3, -0.25) is 4.90 Å². The molecule has 0 aromatic rings. The summed E-state index contributed by atoms with van der Waals surface area (Å²) in [6.45, 7) is 18.6. The van der Waals surface area contributed by atoms with Crippen molar-refractivity contribution in [1.29, 1.82) is 0 Å². The Morgan fingerprint density at radius 1 is 0.947 bits per heavy atom. The Morgan fingerprint density at radius 3 is 1.95 bits per heavy atom. The van der Waals surface area contributed by atoms with Crippen LogP contribution >= 0.6 is 0 Å². The molecule has 0 aliphatic carbocycles. The summed E-state index contributed by atoms with van der Waals surface area (Å²) in [6.07, 6.45) is 5.03. The van der Waals surface area contributed by atoms with E-state index in [0.29, 0.717) is 18.1 Å². The molecule has 116 valence electrons. The molecule has 19 heavy (non-hydrogen) atoms. The Bertz CT molecular complexity index is 201. The molecule has 0 saturated heterocycles. The first kappa shape index (κ1) is 18.9. The number of rotatable bonds is 11. The van der Waals surface area contributed by atoms with Gasteiger partial charge < -0.3 is 5.32 Å². The molecule has 2 unspecified atom stereocenters. The minimum absolute atomic E-state index is 0.634. The smallest absolute Gasteiger partial charge is 0.0249 e. The third kappa shape index (κ3) is 7.31. The average Bonchev–Trinajstić information content (AvgIpc) is 2.34. The van der Waals surface area contributed by atoms with Crippen molar-refractivity contribution in [2.24, 2.45) is 5.92 Å². The highest BCUT2D eigenvalue weighted by Gasteiger charge is 2.27. The maximum absolute atomic E-state index is 3.79. The molecule has 2 atom stereocenters. The van der Waals surface area contributed by atoms with E-state index in [1.165, 1.54) is 32.2 Å². The first-order valence-corrected chi connectivity index (χ1v) is 8.46. The molecular formula is C17H38N2. The van der Waals surface area contributed by atoms with E-state index in [2.05, 4.69) is 58.7 Å². The predicted molar refractivity (Wildman–Crippen MR) is 87.7 cm³/mol. The summed E-state index contributed by atoms with van der Waals surface area (Å²) in [5.74, 6) is 0.741. The van der Waals surface area contributed by atoms with Gasteiger partial charge in [0.1, 0.15) is 0 Å². The fourth-order valence-electron chi connectivity index (χ4n) is 2.97. The zero-order valence-corrected chi connectivity index (χ0v) is 14.5. The molecule has 0 aliphatic rings. The quantitative estimate of drug-likeness (QED) is 0.602. The van der Waals surface area contributed by atoms with Crippen LogP contribution in [0.3, 0.4) is 0 Å². The van der Waals surface area contributed by atoms with Crippen molar-refractivity contribution in [2.45, 2.75) is 92.3 Å². The van der Waals surface area contributed by atoms with Crippen LogP contribution in [0.1, 0.15) is 74.1 Å². The molecule has 1 N–H and O–H groups in total. The van der Waals surface area contributed by atoms with Crippen LogP contribution < -0.4 is 5.32 Å². The van der Waals surface area contributed by atoms with E-state index < -0.39 is 0 Å². The molecule has 0 aliphatic heterocycles. The Balaban J connectivity index is 4.83. The average molecular weight is 271 g/mol. The van der Waals surface area contributed by atoms with E-state index in [1.54, 1.807) is 0 Å². The van der Waals surface area contributed by atoms with E-state index in [-0.39, 0.29) is 0 Å². The van der Waals surface area contributed by atoms with Gasteiger partial charge in [-0.25, -0.2) is 0 Å². The van der Waals surface area contributed by atoms with E-state index in [1.807, 2.05) is 0 Å². The molecular weight excluding hydrogens is 232 g/mol. The lowest BCUT2D eigenvalue weighted by Gasteiger charge is -2.40. The highest BCUT2D eigenvalue weighted by Crippen LogP contribution is 2.18. The molecule has 0 saturated carbocycles. The Morgan fingerprint density at radius 2 is 1.58 bits per heavy atom. The van der Waals surface area contributed by atoms with Crippen LogP contribution in [0.5, 0.6) is 0 Å². The lowest BCUT2D eigenvalue weighted by Crippen LogP contribution is -2.53. The minimum Gasteiger partial charge on any atom is -0.312 e. The lowest BCUT2D eigenvalue weighted by atomic mass is 9.96. The third-order valence-corrected chi connectivity index (χ3v) is 3.80. The van der Waals surface area contributed by atoms with Crippen molar-refractivity contribution in [2.75, 3.05) is 13.1 Å². The van der Waals surface area contributed by atoms with Crippen LogP contribution in [0.2, 0.25) is 0 Å². The second-order valence-electron chi connectivity index (χ2n) is 6.51. The standard InChI is InChI=1S/C17H38N2/c1-8-11-16(18-12-9-2)17(10-3)19(15(6)7)13-14(4)5/h14-18H,8-13H2,1-7H3. The van der Waals surface area contributed by atoms with Gasteiger partial charge in [-0.2, -0.15) is 0 Å². The second kappa shape index (κ2) is 10.7. The number of hydrogen-bond acceptors (Lipinski definition) is 2. The monoisotopic (exact) mass is 270 g/mol. The van der Waals surface area contributed by atoms with Crippen molar-refractivity contribution < 1.29 is 0 Å². The summed E-state index contributed by atoms with van der Waals surface area (Å²) in [6, 6.07) is 1.96. The van der Waals surface area contributed by atoms with Crippen molar-refractivity contribution in [3.8, 4) is 0 Å². The molecule has 2 heteroatoms. The summed E-state index contributed by atoms with van der Waals surface area (Å²) >= 11 is 0. The molecule has 0 aromatic carbocycles. The molecule has 0 radical (unpaired) electrons. The van der Waals surface area contributed by atoms with E-state index in [0.717, 1.165) is 12.5 Å². The summed E-state index contributed by atoms with van der Waals surface area (Å²) in [5.41, 5.74) is 0. The van der Waals surface area contributed by atoms with Crippen LogP contribution in [0.15, 0.2) is 0 Å². The Kier molecular flexibility index (Phi) is 10.6. The van der Waals surface area contributed by atoms with Gasteiger partial charge in [0.05, 0.1) is 0 Å². The van der Waals surface area contributed by atoms with Gasteiger partial charge in [-0.15, -0.1) is 0 Å². The second-order valence-corrected chi connectivity index (χ2v) is 6.51. The van der Waals surface area contributed by atoms with Crippen LogP contribution in [0, 0.1) is 5.92 Å². The fraction of sp³-hybridized carbons (Fsp3) is 1.00. The Labute approximate surface area is 122 Å². The summed E-state index contributed by atoms with van der Waals surface area (Å²) < 4.78 is 0. The number of nitrogens with zero attached hydrogens (tertiary/aromatic N) is 1. The van der Waals surface area contributed by atoms with Gasteiger partial charge in [-0.1, -0.05) is 41.0 Å². The maximum atomic E-state index is 3.79. The van der Waals surface area contributed by atoms with Crippen LogP contribution in [0.4, 0.5) is 0 Å². The lowest BCUT2D eigenvalue weighted by molar-refractivity contribution is 0.0983. The van der Waals surface area contributed by atoms with Gasteiger partial charge in [0.15, 0.2) is 0 Å². The predicted octanol–water partition coefficient (Wildman–Crippen LogP) is 4.30. The van der Waals surface area contributed by atoms with Gasteiger partial charge in [0.2, 0.25) is 0 Å². The molecule has 0 rings (SSSR count). The summed E-state index contributed by atoms with van der Waals surface area (Å²) in [5, 5.41) is 3.79. The molecule has 0 spiro atoms. The molecule has 0 aromatic heterocycles. The van der Waals surface area contributed by atoms with E-state index in [4.69, 9.17) is 0 Å². The Hall–Kier alpha value is -0.0800. The van der Waals surface area contributed by atoms with Crippen molar-refractivity contribution in [3.05, 3.63) is 0 Å². The maximum Gasteiger partial charge on any atom is 0.0249 e. The summed E-state index contributed by atoms with van der Waals surface area (Å²) in [7, 11) is 0. The van der Waals surface area contributed by atoms with E-state index in [9.17, 15) is 0 Å². The van der Waals surface area contributed by atoms with Crippen LogP contribution in [-0.4, -0.2) is 36.1 Å². The zero-order valence-electron chi connectivity index (χ0n) is 14.5. The molecule has 0 fully saturated rings. The van der Waals surface area contributed by atoms with Gasteiger partial charge in [0, 0.05) is 24.7 Å². The van der Waals surface area contributed by atoms with Crippen LogP contribution in [-0.2, 0) is 0 Å². The number of nitrogens with one attached hydrogen (secondary N) is 1. The summed E-state index contributed by atoms with van der Waals surface area (Å²) in [4.78, 5) is 2.72. The fourth-order valence-corrected chi connectivity index (χ4v) is 2.97. The topological polar surface area (TPSA) is 15.3 Å².